The molecule has 3 heterocycles. The van der Waals surface area contributed by atoms with Gasteiger partial charge in [-0.25, -0.2) is 8.42 Å². The van der Waals surface area contributed by atoms with Gasteiger partial charge in [0.1, 0.15) is 4.90 Å². The van der Waals surface area contributed by atoms with Gasteiger partial charge in [-0.2, -0.15) is 4.31 Å². The third-order valence-corrected chi connectivity index (χ3v) is 7.23. The second-order valence-corrected chi connectivity index (χ2v) is 9.28. The molecule has 1 aromatic carbocycles. The number of hydrogen-bond donors (Lipinski definition) is 1. The minimum absolute atomic E-state index is 0.0879. The maximum Gasteiger partial charge on any atom is 0.261 e. The summed E-state index contributed by atoms with van der Waals surface area (Å²) in [5.41, 5.74) is 1.01. The fourth-order valence-corrected chi connectivity index (χ4v) is 5.01. The van der Waals surface area contributed by atoms with Crippen LogP contribution in [0.2, 0.25) is 0 Å². The molecule has 2 aliphatic heterocycles. The first kappa shape index (κ1) is 21.1. The quantitative estimate of drug-likeness (QED) is 0.658. The topological polar surface area (TPSA) is 120 Å². The van der Waals surface area contributed by atoms with E-state index in [-0.39, 0.29) is 41.9 Å². The lowest BCUT2D eigenvalue weighted by atomic mass is 10.1. The Morgan fingerprint density at radius 3 is 2.45 bits per heavy atom. The minimum atomic E-state index is -3.60. The van der Waals surface area contributed by atoms with Crippen molar-refractivity contribution in [2.45, 2.75) is 4.90 Å². The van der Waals surface area contributed by atoms with Gasteiger partial charge < -0.3 is 5.32 Å². The first-order valence-corrected chi connectivity index (χ1v) is 11.1. The summed E-state index contributed by atoms with van der Waals surface area (Å²) in [5.74, 6) is -1.05. The van der Waals surface area contributed by atoms with Crippen LogP contribution in [-0.2, 0) is 14.8 Å². The van der Waals surface area contributed by atoms with Gasteiger partial charge in [-0.15, -0.1) is 0 Å². The van der Waals surface area contributed by atoms with Gasteiger partial charge in [0.05, 0.1) is 17.7 Å². The summed E-state index contributed by atoms with van der Waals surface area (Å²) in [6.07, 6.45) is 2.84. The second-order valence-electron chi connectivity index (χ2n) is 7.35. The molecule has 2 aromatic rings. The molecule has 0 aliphatic carbocycles. The number of piperazine rings is 1. The average Bonchev–Trinajstić information content (AvgIpc) is 2.98. The van der Waals surface area contributed by atoms with Crippen molar-refractivity contribution in [3.8, 4) is 0 Å². The minimum Gasteiger partial charge on any atom is -0.325 e. The molecule has 0 spiro atoms. The highest BCUT2D eigenvalue weighted by Crippen LogP contribution is 2.24. The normalized spacial score (nSPS) is 17.6. The molecule has 0 unspecified atom stereocenters. The van der Waals surface area contributed by atoms with Crippen molar-refractivity contribution >= 4 is 33.4 Å². The molecule has 1 N–H and O–H groups in total. The summed E-state index contributed by atoms with van der Waals surface area (Å²) in [6.45, 7) is 1.45. The third-order valence-electron chi connectivity index (χ3n) is 5.34. The number of sulfonamides is 1. The molecule has 11 heteroatoms. The van der Waals surface area contributed by atoms with Crippen LogP contribution < -0.4 is 5.32 Å². The lowest BCUT2D eigenvalue weighted by Gasteiger charge is -2.33. The van der Waals surface area contributed by atoms with Crippen LogP contribution in [-0.4, -0.2) is 85.0 Å². The van der Waals surface area contributed by atoms with Crippen LogP contribution in [0.15, 0.2) is 47.6 Å². The zero-order chi connectivity index (χ0) is 22.2. The Morgan fingerprint density at radius 2 is 1.77 bits per heavy atom. The van der Waals surface area contributed by atoms with Crippen LogP contribution >= 0.6 is 0 Å². The van der Waals surface area contributed by atoms with Crippen LogP contribution in [0, 0.1) is 0 Å². The largest absolute Gasteiger partial charge is 0.325 e. The number of nitrogens with zero attached hydrogens (tertiary/aromatic N) is 4. The zero-order valence-corrected chi connectivity index (χ0v) is 17.6. The number of pyridine rings is 1. The Kier molecular flexibility index (Phi) is 5.56. The maximum atomic E-state index is 12.7. The highest BCUT2D eigenvalue weighted by Gasteiger charge is 2.33. The number of benzene rings is 1. The van der Waals surface area contributed by atoms with Gasteiger partial charge in [0.25, 0.3) is 11.8 Å². The van der Waals surface area contributed by atoms with Crippen molar-refractivity contribution in [2.75, 3.05) is 45.1 Å². The SMILES string of the molecule is CN1C(=O)c2ccc(NC(=O)CN3CCN(S(=O)(=O)c4cccnc4)CC3)cc2C1=O. The van der Waals surface area contributed by atoms with Crippen LogP contribution in [0.1, 0.15) is 20.7 Å². The Bertz CT molecular complexity index is 1140. The van der Waals surface area contributed by atoms with Gasteiger partial charge in [0.15, 0.2) is 0 Å². The molecule has 1 aromatic heterocycles. The molecule has 10 nitrogen and oxygen atoms in total. The average molecular weight is 443 g/mol. The number of aromatic nitrogens is 1. The van der Waals surface area contributed by atoms with Crippen LogP contribution in [0.3, 0.4) is 0 Å². The van der Waals surface area contributed by atoms with E-state index >= 15 is 0 Å². The first-order chi connectivity index (χ1) is 14.8. The predicted octanol–water partition coefficient (Wildman–Crippen LogP) is 0.252. The van der Waals surface area contributed by atoms with Gasteiger partial charge in [0.2, 0.25) is 15.9 Å². The molecule has 0 radical (unpaired) electrons. The Balaban J connectivity index is 1.33. The summed E-state index contributed by atoms with van der Waals surface area (Å²) >= 11 is 0. The van der Waals surface area contributed by atoms with E-state index in [1.54, 1.807) is 12.1 Å². The Hall–Kier alpha value is -3.15. The van der Waals surface area contributed by atoms with E-state index in [0.717, 1.165) is 4.90 Å². The Labute approximate surface area is 179 Å². The fraction of sp³-hybridized carbons (Fsp3) is 0.300. The lowest BCUT2D eigenvalue weighted by molar-refractivity contribution is -0.117. The first-order valence-electron chi connectivity index (χ1n) is 9.66. The number of carbonyl (C=O) groups excluding carboxylic acids is 3. The molecule has 4 rings (SSSR count). The number of imide groups is 1. The number of hydrogen-bond acceptors (Lipinski definition) is 7. The summed E-state index contributed by atoms with van der Waals surface area (Å²) in [4.78, 5) is 43.4. The second kappa shape index (κ2) is 8.17. The van der Waals surface area contributed by atoms with E-state index in [1.807, 2.05) is 4.90 Å². The molecule has 3 amide bonds. The van der Waals surface area contributed by atoms with Crippen molar-refractivity contribution in [3.63, 3.8) is 0 Å². The smallest absolute Gasteiger partial charge is 0.261 e. The number of anilines is 1. The lowest BCUT2D eigenvalue weighted by Crippen LogP contribution is -2.50. The molecule has 0 atom stereocenters. The molecule has 2 aliphatic rings. The van der Waals surface area contributed by atoms with Crippen molar-refractivity contribution in [2.24, 2.45) is 0 Å². The van der Waals surface area contributed by atoms with E-state index in [4.69, 9.17) is 0 Å². The van der Waals surface area contributed by atoms with Gasteiger partial charge in [-0.05, 0) is 30.3 Å². The van der Waals surface area contributed by atoms with Gasteiger partial charge in [-0.1, -0.05) is 0 Å². The van der Waals surface area contributed by atoms with Gasteiger partial charge in [-0.3, -0.25) is 29.2 Å². The van der Waals surface area contributed by atoms with E-state index in [1.165, 1.54) is 41.9 Å². The predicted molar refractivity (Wildman–Crippen MR) is 111 cm³/mol. The number of carbonyl (C=O) groups is 3. The van der Waals surface area contributed by atoms with Crippen molar-refractivity contribution in [1.29, 1.82) is 0 Å². The van der Waals surface area contributed by atoms with Crippen LogP contribution in [0.5, 0.6) is 0 Å². The van der Waals surface area contributed by atoms with E-state index in [9.17, 15) is 22.8 Å². The molecular formula is C20H21N5O5S. The van der Waals surface area contributed by atoms with Crippen molar-refractivity contribution < 1.29 is 22.8 Å². The number of fused-ring (bicyclic) bond motifs is 1. The van der Waals surface area contributed by atoms with Crippen molar-refractivity contribution in [1.82, 2.24) is 19.1 Å². The summed E-state index contributed by atoms with van der Waals surface area (Å²) < 4.78 is 26.7. The summed E-state index contributed by atoms with van der Waals surface area (Å²) in [7, 11) is -2.19. The van der Waals surface area contributed by atoms with Gasteiger partial charge >= 0.3 is 0 Å². The molecule has 1 saturated heterocycles. The third kappa shape index (κ3) is 4.07. The number of rotatable bonds is 5. The number of amides is 3. The van der Waals surface area contributed by atoms with Crippen LogP contribution in [0.25, 0.3) is 0 Å². The van der Waals surface area contributed by atoms with Gasteiger partial charge in [0, 0.05) is 51.3 Å². The maximum absolute atomic E-state index is 12.7. The highest BCUT2D eigenvalue weighted by molar-refractivity contribution is 7.89. The summed E-state index contributed by atoms with van der Waals surface area (Å²) in [5, 5.41) is 2.73. The molecule has 1 fully saturated rings. The fourth-order valence-electron chi connectivity index (χ4n) is 3.62. The van der Waals surface area contributed by atoms with Crippen molar-refractivity contribution in [3.05, 3.63) is 53.9 Å². The standard InChI is InChI=1S/C20H21N5O5S/c1-23-19(27)16-5-4-14(11-17(16)20(23)28)22-18(26)13-24-7-9-25(10-8-24)31(29,30)15-3-2-6-21-12-15/h2-6,11-12H,7-10,13H2,1H3,(H,22,26). The zero-order valence-electron chi connectivity index (χ0n) is 16.8. The molecule has 162 valence electrons. The summed E-state index contributed by atoms with van der Waals surface area (Å²) in [6, 6.07) is 7.69. The number of nitrogens with one attached hydrogen (secondary N) is 1. The van der Waals surface area contributed by atoms with Crippen LogP contribution in [0.4, 0.5) is 5.69 Å². The van der Waals surface area contributed by atoms with E-state index < -0.39 is 15.9 Å². The highest BCUT2D eigenvalue weighted by atomic mass is 32.2. The van der Waals surface area contributed by atoms with E-state index in [2.05, 4.69) is 10.3 Å². The molecule has 0 saturated carbocycles. The van der Waals surface area contributed by atoms with E-state index in [0.29, 0.717) is 24.3 Å². The molecular weight excluding hydrogens is 422 g/mol. The molecule has 0 bridgehead atoms. The monoisotopic (exact) mass is 443 g/mol. The Morgan fingerprint density at radius 1 is 1.06 bits per heavy atom. The molecule has 31 heavy (non-hydrogen) atoms.